The molecule has 14 nitrogen and oxygen atoms in total. The lowest BCUT2D eigenvalue weighted by molar-refractivity contribution is -0.401. The van der Waals surface area contributed by atoms with Crippen LogP contribution in [-0.2, 0) is 9.53 Å². The van der Waals surface area contributed by atoms with Gasteiger partial charge >= 0.3 is 17.3 Å². The number of amidine groups is 1. The van der Waals surface area contributed by atoms with Gasteiger partial charge in [0, 0.05) is 0 Å². The number of nitro benzene ring substituents is 3. The summed E-state index contributed by atoms with van der Waals surface area (Å²) in [4.78, 5) is 46.9. The van der Waals surface area contributed by atoms with Gasteiger partial charge < -0.3 is 4.74 Å². The van der Waals surface area contributed by atoms with Crippen molar-refractivity contribution in [2.45, 2.75) is 13.8 Å². The van der Waals surface area contributed by atoms with Crippen LogP contribution in [0.4, 0.5) is 28.4 Å². The van der Waals surface area contributed by atoms with Crippen LogP contribution >= 0.6 is 0 Å². The fourth-order valence-electron chi connectivity index (χ4n) is 2.56. The highest BCUT2D eigenvalue weighted by molar-refractivity contribution is 6.36. The van der Waals surface area contributed by atoms with Gasteiger partial charge in [0.1, 0.15) is 0 Å². The molecular formula is C17H16N6O8. The summed E-state index contributed by atoms with van der Waals surface area (Å²) in [6.07, 6.45) is 0. The molecule has 2 rings (SSSR count). The average molecular weight is 432 g/mol. The van der Waals surface area contributed by atoms with Gasteiger partial charge in [-0.3, -0.25) is 41.2 Å². The van der Waals surface area contributed by atoms with Gasteiger partial charge in [-0.15, -0.1) is 0 Å². The van der Waals surface area contributed by atoms with Crippen molar-refractivity contribution in [2.24, 2.45) is 4.99 Å². The van der Waals surface area contributed by atoms with E-state index in [0.29, 0.717) is 28.9 Å². The number of benzene rings is 2. The molecule has 0 radical (unpaired) electrons. The van der Waals surface area contributed by atoms with Gasteiger partial charge in [0.15, 0.2) is 0 Å². The maximum absolute atomic E-state index is 12.1. The second kappa shape index (κ2) is 9.25. The number of methoxy groups -OCH3 is 1. The van der Waals surface area contributed by atoms with Crippen LogP contribution < -0.4 is 10.9 Å². The van der Waals surface area contributed by atoms with Gasteiger partial charge in [-0.2, -0.15) is 0 Å². The minimum Gasteiger partial charge on any atom is -0.463 e. The predicted octanol–water partition coefficient (Wildman–Crippen LogP) is 2.85. The number of para-hydroxylation sites is 1. The summed E-state index contributed by atoms with van der Waals surface area (Å²) in [5.74, 6) is -1.43. The number of nitrogens with one attached hydrogen (secondary N) is 2. The van der Waals surface area contributed by atoms with E-state index in [1.807, 2.05) is 0 Å². The molecule has 0 heterocycles. The molecule has 0 unspecified atom stereocenters. The molecule has 0 amide bonds. The van der Waals surface area contributed by atoms with Crippen molar-refractivity contribution < 1.29 is 24.3 Å². The zero-order chi connectivity index (χ0) is 23.3. The molecule has 0 aromatic heterocycles. The van der Waals surface area contributed by atoms with Crippen molar-refractivity contribution in [2.75, 3.05) is 12.5 Å². The number of nitrogens with zero attached hydrogens (tertiary/aromatic N) is 4. The average Bonchev–Trinajstić information content (AvgIpc) is 2.71. The van der Waals surface area contributed by atoms with Crippen molar-refractivity contribution >= 4 is 40.2 Å². The number of hydrazine groups is 1. The first-order valence-corrected chi connectivity index (χ1v) is 8.43. The predicted molar refractivity (Wildman–Crippen MR) is 108 cm³/mol. The molecule has 0 spiro atoms. The number of rotatable bonds is 6. The standard InChI is InChI=1S/C17H16N6O8/c1-9-5-4-6-10(2)14(9)18-16(17(24)31-3)20-19-15-12(22(27)28)7-11(21(25)26)8-13(15)23(29)30/h4-8,19H,1-3H3,(H,18,20). The van der Waals surface area contributed by atoms with E-state index < -0.39 is 49.3 Å². The third kappa shape index (κ3) is 5.06. The Bertz CT molecular complexity index is 1060. The van der Waals surface area contributed by atoms with Crippen LogP contribution in [-0.4, -0.2) is 33.7 Å². The van der Waals surface area contributed by atoms with Crippen molar-refractivity contribution in [3.05, 3.63) is 71.8 Å². The highest BCUT2D eigenvalue weighted by Crippen LogP contribution is 2.37. The third-order valence-corrected chi connectivity index (χ3v) is 4.03. The summed E-state index contributed by atoms with van der Waals surface area (Å²) in [6.45, 7) is 3.47. The Balaban J connectivity index is 2.56. The molecule has 0 aliphatic heterocycles. The summed E-state index contributed by atoms with van der Waals surface area (Å²) in [5, 5.41) is 33.7. The van der Waals surface area contributed by atoms with Gasteiger partial charge in [-0.25, -0.2) is 9.79 Å². The lowest BCUT2D eigenvalue weighted by Gasteiger charge is -2.12. The lowest BCUT2D eigenvalue weighted by Crippen LogP contribution is -2.36. The summed E-state index contributed by atoms with van der Waals surface area (Å²) in [5.41, 5.74) is 2.83. The highest BCUT2D eigenvalue weighted by Gasteiger charge is 2.31. The summed E-state index contributed by atoms with van der Waals surface area (Å²) >= 11 is 0. The molecule has 14 heteroatoms. The van der Waals surface area contributed by atoms with Crippen LogP contribution in [0.2, 0.25) is 0 Å². The Morgan fingerprint density at radius 2 is 1.48 bits per heavy atom. The Morgan fingerprint density at radius 1 is 0.968 bits per heavy atom. The van der Waals surface area contributed by atoms with Crippen molar-refractivity contribution in [1.82, 2.24) is 5.43 Å². The number of carbonyl (C=O) groups is 1. The van der Waals surface area contributed by atoms with Gasteiger partial charge in [-0.1, -0.05) is 18.2 Å². The van der Waals surface area contributed by atoms with Gasteiger partial charge in [-0.05, 0) is 25.0 Å². The molecule has 0 aliphatic carbocycles. The Labute approximate surface area is 174 Å². The van der Waals surface area contributed by atoms with Crippen LogP contribution in [0.25, 0.3) is 0 Å². The normalized spacial score (nSPS) is 10.9. The van der Waals surface area contributed by atoms with E-state index in [0.717, 1.165) is 7.11 Å². The molecule has 0 saturated carbocycles. The second-order valence-corrected chi connectivity index (χ2v) is 6.07. The fourth-order valence-corrected chi connectivity index (χ4v) is 2.56. The highest BCUT2D eigenvalue weighted by atomic mass is 16.6. The van der Waals surface area contributed by atoms with E-state index in [4.69, 9.17) is 0 Å². The molecule has 31 heavy (non-hydrogen) atoms. The number of hydrogen-bond donors (Lipinski definition) is 2. The minimum absolute atomic E-state index is 0.407. The number of ether oxygens (including phenoxy) is 1. The van der Waals surface area contributed by atoms with Crippen LogP contribution in [0.1, 0.15) is 11.1 Å². The summed E-state index contributed by atoms with van der Waals surface area (Å²) < 4.78 is 4.63. The molecule has 2 aromatic carbocycles. The van der Waals surface area contributed by atoms with Gasteiger partial charge in [0.05, 0.1) is 39.7 Å². The van der Waals surface area contributed by atoms with E-state index in [1.54, 1.807) is 32.0 Å². The number of carbonyl (C=O) groups excluding carboxylic acids is 1. The van der Waals surface area contributed by atoms with Crippen molar-refractivity contribution in [1.29, 1.82) is 0 Å². The zero-order valence-electron chi connectivity index (χ0n) is 16.4. The Hall–Kier alpha value is -4.62. The van der Waals surface area contributed by atoms with Crippen molar-refractivity contribution in [3.8, 4) is 0 Å². The molecular weight excluding hydrogens is 416 g/mol. The van der Waals surface area contributed by atoms with E-state index in [2.05, 4.69) is 20.6 Å². The first kappa shape index (κ1) is 22.7. The number of anilines is 1. The first-order valence-electron chi connectivity index (χ1n) is 8.43. The van der Waals surface area contributed by atoms with Crippen LogP contribution in [0, 0.1) is 44.2 Å². The van der Waals surface area contributed by atoms with E-state index in [9.17, 15) is 35.1 Å². The largest absolute Gasteiger partial charge is 0.463 e. The van der Waals surface area contributed by atoms with Crippen molar-refractivity contribution in [3.63, 3.8) is 0 Å². The first-order chi connectivity index (χ1) is 14.6. The maximum atomic E-state index is 12.1. The molecule has 0 fully saturated rings. The van der Waals surface area contributed by atoms with Gasteiger partial charge in [0.2, 0.25) is 11.5 Å². The SMILES string of the molecule is COC(=O)C(=Nc1c(C)cccc1C)NNc1c([N+](=O)[O-])cc([N+](=O)[O-])cc1[N+](=O)[O-]. The number of aryl methyl sites for hydroxylation is 2. The Morgan fingerprint density at radius 3 is 1.90 bits per heavy atom. The number of nitro groups is 3. The van der Waals surface area contributed by atoms with Crippen LogP contribution in [0.3, 0.4) is 0 Å². The zero-order valence-corrected chi connectivity index (χ0v) is 16.4. The molecule has 162 valence electrons. The summed E-state index contributed by atoms with van der Waals surface area (Å²) in [6, 6.07) is 6.35. The molecule has 0 aliphatic rings. The maximum Gasteiger partial charge on any atom is 0.375 e. The van der Waals surface area contributed by atoms with E-state index in [-0.39, 0.29) is 0 Å². The number of esters is 1. The second-order valence-electron chi connectivity index (χ2n) is 6.07. The number of aliphatic imine (C=N–C) groups is 1. The quantitative estimate of drug-likeness (QED) is 0.225. The lowest BCUT2D eigenvalue weighted by atomic mass is 10.1. The topological polar surface area (TPSA) is 192 Å². The Kier molecular flexibility index (Phi) is 6.76. The smallest absolute Gasteiger partial charge is 0.375 e. The minimum atomic E-state index is -1.04. The molecule has 2 aromatic rings. The van der Waals surface area contributed by atoms with Gasteiger partial charge in [0.25, 0.3) is 5.69 Å². The number of non-ortho nitro benzene ring substituents is 1. The summed E-state index contributed by atoms with van der Waals surface area (Å²) in [7, 11) is 1.07. The van der Waals surface area contributed by atoms with E-state index >= 15 is 0 Å². The molecule has 0 bridgehead atoms. The van der Waals surface area contributed by atoms with Crippen LogP contribution in [0.5, 0.6) is 0 Å². The monoisotopic (exact) mass is 432 g/mol. The fraction of sp³-hybridized carbons (Fsp3) is 0.176. The third-order valence-electron chi connectivity index (χ3n) is 4.03. The van der Waals surface area contributed by atoms with Crippen LogP contribution in [0.15, 0.2) is 35.3 Å². The molecule has 0 atom stereocenters. The number of hydrogen-bond acceptors (Lipinski definition) is 10. The molecule has 0 saturated heterocycles. The molecule has 2 N–H and O–H groups in total. The van der Waals surface area contributed by atoms with E-state index in [1.165, 1.54) is 0 Å².